The predicted molar refractivity (Wildman–Crippen MR) is 190 cm³/mol. The average molecular weight is 613 g/mol. The summed E-state index contributed by atoms with van der Waals surface area (Å²) < 4.78 is 0. The molecule has 0 amide bonds. The van der Waals surface area contributed by atoms with Gasteiger partial charge in [-0.3, -0.25) is 0 Å². The molecule has 220 valence electrons. The first-order valence-electron chi connectivity index (χ1n) is 15.2. The molecule has 4 heteroatoms. The molecule has 5 aromatic rings. The minimum absolute atomic E-state index is 0.324. The van der Waals surface area contributed by atoms with Crippen LogP contribution in [0.4, 0.5) is 0 Å². The fourth-order valence-corrected chi connectivity index (χ4v) is 8.06. The Bertz CT molecular complexity index is 1760. The Balaban J connectivity index is 1.06. The van der Waals surface area contributed by atoms with E-state index in [1.807, 2.05) is 127 Å². The average Bonchev–Trinajstić information content (AvgIpc) is 3.08. The number of unbranched alkanes of at least 4 members (excludes halogenated alkanes) is 1. The highest BCUT2D eigenvalue weighted by atomic mass is 32.2. The van der Waals surface area contributed by atoms with Crippen molar-refractivity contribution in [2.75, 3.05) is 11.5 Å². The summed E-state index contributed by atoms with van der Waals surface area (Å²) in [5.41, 5.74) is 7.85. The molecule has 6 rings (SSSR count). The van der Waals surface area contributed by atoms with Crippen LogP contribution in [0.2, 0.25) is 0 Å². The summed E-state index contributed by atoms with van der Waals surface area (Å²) in [7, 11) is 0. The summed E-state index contributed by atoms with van der Waals surface area (Å²) in [5.74, 6) is 2.77. The van der Waals surface area contributed by atoms with E-state index in [0.29, 0.717) is 16.7 Å². The fourth-order valence-electron chi connectivity index (χ4n) is 5.69. The molecule has 0 heterocycles. The largest absolute Gasteiger partial charge is 0.507 e. The van der Waals surface area contributed by atoms with Gasteiger partial charge in [0.25, 0.3) is 0 Å². The molecule has 1 atom stereocenters. The molecule has 1 unspecified atom stereocenters. The zero-order valence-corrected chi connectivity index (χ0v) is 26.2. The van der Waals surface area contributed by atoms with Crippen molar-refractivity contribution in [1.29, 1.82) is 0 Å². The van der Waals surface area contributed by atoms with Crippen molar-refractivity contribution in [2.45, 2.75) is 29.4 Å². The number of phenols is 2. The molecule has 0 spiro atoms. The molecule has 0 saturated carbocycles. The molecule has 1 aliphatic rings. The lowest BCUT2D eigenvalue weighted by Crippen LogP contribution is -2.09. The van der Waals surface area contributed by atoms with Crippen LogP contribution in [0.3, 0.4) is 0 Å². The zero-order chi connectivity index (χ0) is 30.1. The van der Waals surface area contributed by atoms with E-state index in [0.717, 1.165) is 69.7 Å². The number of benzene rings is 5. The van der Waals surface area contributed by atoms with Gasteiger partial charge in [-0.05, 0) is 59.1 Å². The summed E-state index contributed by atoms with van der Waals surface area (Å²) in [4.78, 5) is 1.19. The molecule has 2 nitrogen and oxygen atoms in total. The Labute approximate surface area is 269 Å². The van der Waals surface area contributed by atoms with E-state index >= 15 is 0 Å². The maximum absolute atomic E-state index is 11.3. The van der Waals surface area contributed by atoms with E-state index in [2.05, 4.69) is 36.4 Å². The van der Waals surface area contributed by atoms with Gasteiger partial charge in [0.1, 0.15) is 11.5 Å². The van der Waals surface area contributed by atoms with Gasteiger partial charge in [-0.1, -0.05) is 133 Å². The summed E-state index contributed by atoms with van der Waals surface area (Å²) >= 11 is 3.85. The molecule has 2 N–H and O–H groups in total. The Morgan fingerprint density at radius 3 is 1.80 bits per heavy atom. The van der Waals surface area contributed by atoms with Crippen LogP contribution in [0.15, 0.2) is 144 Å². The lowest BCUT2D eigenvalue weighted by Gasteiger charge is -2.23. The molecular weight excluding hydrogens is 577 g/mol. The molecule has 0 saturated heterocycles. The molecular formula is C40H36O2S2. The third-order valence-electron chi connectivity index (χ3n) is 7.95. The first-order chi connectivity index (χ1) is 21.7. The third-order valence-corrected chi connectivity index (χ3v) is 10.5. The minimum atomic E-state index is 0.324. The Morgan fingerprint density at radius 2 is 1.09 bits per heavy atom. The summed E-state index contributed by atoms with van der Waals surface area (Å²) in [6.07, 6.45) is 9.71. The third kappa shape index (κ3) is 6.83. The second-order valence-electron chi connectivity index (χ2n) is 10.8. The van der Waals surface area contributed by atoms with Gasteiger partial charge in [-0.25, -0.2) is 0 Å². The molecule has 1 aliphatic carbocycles. The lowest BCUT2D eigenvalue weighted by atomic mass is 9.92. The lowest BCUT2D eigenvalue weighted by molar-refractivity contribution is 0.475. The first kappa shape index (κ1) is 29.9. The molecule has 5 aromatic carbocycles. The fraction of sp³-hybridized carbons (Fsp3) is 0.150. The predicted octanol–water partition coefficient (Wildman–Crippen LogP) is 11.1. The Hall–Kier alpha value is -4.12. The smallest absolute Gasteiger partial charge is 0.131 e. The number of allylic oxidation sites excluding steroid dienone is 3. The molecule has 0 radical (unpaired) electrons. The van der Waals surface area contributed by atoms with Gasteiger partial charge < -0.3 is 10.2 Å². The monoisotopic (exact) mass is 612 g/mol. The van der Waals surface area contributed by atoms with Crippen molar-refractivity contribution >= 4 is 29.1 Å². The maximum atomic E-state index is 11.3. The van der Waals surface area contributed by atoms with Gasteiger partial charge in [-0.2, -0.15) is 11.8 Å². The highest BCUT2D eigenvalue weighted by molar-refractivity contribution is 8.00. The minimum Gasteiger partial charge on any atom is -0.507 e. The van der Waals surface area contributed by atoms with Crippen LogP contribution >= 0.6 is 23.5 Å². The van der Waals surface area contributed by atoms with Gasteiger partial charge in [0.15, 0.2) is 0 Å². The molecule has 44 heavy (non-hydrogen) atoms. The van der Waals surface area contributed by atoms with Crippen LogP contribution in [0.5, 0.6) is 11.5 Å². The van der Waals surface area contributed by atoms with E-state index in [4.69, 9.17) is 0 Å². The summed E-state index contributed by atoms with van der Waals surface area (Å²) in [5, 5.41) is 22.8. The normalized spacial score (nSPS) is 14.4. The van der Waals surface area contributed by atoms with Crippen molar-refractivity contribution in [2.24, 2.45) is 0 Å². The highest BCUT2D eigenvalue weighted by Crippen LogP contribution is 2.43. The first-order valence-corrected chi connectivity index (χ1v) is 17.2. The van der Waals surface area contributed by atoms with E-state index in [9.17, 15) is 10.2 Å². The van der Waals surface area contributed by atoms with Crippen LogP contribution in [-0.4, -0.2) is 27.0 Å². The second kappa shape index (κ2) is 14.6. The summed E-state index contributed by atoms with van der Waals surface area (Å²) in [6, 6.07) is 40.6. The SMILES string of the molecule is Oc1c(C2=CC=CCC2SCCCCSc2ccccc2-c2cccc(-c3ccccc3)c2O)cccc1-c1ccccc1. The van der Waals surface area contributed by atoms with E-state index in [1.54, 1.807) is 0 Å². The van der Waals surface area contributed by atoms with Gasteiger partial charge in [0, 0.05) is 32.4 Å². The molecule has 0 bridgehead atoms. The Kier molecular flexibility index (Phi) is 9.91. The molecule has 0 fully saturated rings. The quantitative estimate of drug-likeness (QED) is 0.115. The van der Waals surface area contributed by atoms with Gasteiger partial charge >= 0.3 is 0 Å². The number of para-hydroxylation sites is 2. The van der Waals surface area contributed by atoms with Crippen LogP contribution in [0.1, 0.15) is 24.8 Å². The van der Waals surface area contributed by atoms with Crippen molar-refractivity contribution < 1.29 is 10.2 Å². The van der Waals surface area contributed by atoms with Gasteiger partial charge in [0.05, 0.1) is 0 Å². The number of aromatic hydroxyl groups is 2. The maximum Gasteiger partial charge on any atom is 0.131 e. The van der Waals surface area contributed by atoms with Crippen molar-refractivity contribution in [3.8, 4) is 44.9 Å². The van der Waals surface area contributed by atoms with E-state index < -0.39 is 0 Å². The van der Waals surface area contributed by atoms with Gasteiger partial charge in [0.2, 0.25) is 0 Å². The topological polar surface area (TPSA) is 40.5 Å². The van der Waals surface area contributed by atoms with E-state index in [1.165, 1.54) is 10.5 Å². The van der Waals surface area contributed by atoms with Crippen molar-refractivity contribution in [3.63, 3.8) is 0 Å². The van der Waals surface area contributed by atoms with Crippen molar-refractivity contribution in [3.05, 3.63) is 145 Å². The Morgan fingerprint density at radius 1 is 0.545 bits per heavy atom. The van der Waals surface area contributed by atoms with Crippen LogP contribution in [-0.2, 0) is 0 Å². The number of hydrogen-bond donors (Lipinski definition) is 2. The number of rotatable bonds is 11. The van der Waals surface area contributed by atoms with Crippen LogP contribution in [0, 0.1) is 0 Å². The zero-order valence-electron chi connectivity index (χ0n) is 24.6. The summed E-state index contributed by atoms with van der Waals surface area (Å²) in [6.45, 7) is 0. The number of thioether (sulfide) groups is 2. The highest BCUT2D eigenvalue weighted by Gasteiger charge is 2.21. The second-order valence-corrected chi connectivity index (χ2v) is 13.3. The standard InChI is InChI=1S/C40H36O2S2/c41-39-31(29-15-3-1-4-16-29)21-13-23-35(39)33-19-7-9-25-37(33)43-27-11-12-28-44-38-26-10-8-20-34(38)36-24-14-22-32(40(36)42)30-17-5-2-6-18-30/h1-10,13-25,38,41-42H,11-12,26-28H2. The van der Waals surface area contributed by atoms with E-state index in [-0.39, 0.29) is 0 Å². The van der Waals surface area contributed by atoms with Gasteiger partial charge in [-0.15, -0.1) is 11.8 Å². The molecule has 0 aliphatic heterocycles. The van der Waals surface area contributed by atoms with Crippen molar-refractivity contribution in [1.82, 2.24) is 0 Å². The number of phenolic OH excluding ortho intramolecular Hbond substituents is 2. The van der Waals surface area contributed by atoms with Crippen LogP contribution < -0.4 is 0 Å². The van der Waals surface area contributed by atoms with Crippen LogP contribution in [0.25, 0.3) is 39.0 Å². The molecule has 0 aromatic heterocycles. The number of hydrogen-bond acceptors (Lipinski definition) is 4.